The van der Waals surface area contributed by atoms with E-state index in [1.54, 1.807) is 7.11 Å². The second-order valence-corrected chi connectivity index (χ2v) is 7.22. The summed E-state index contributed by atoms with van der Waals surface area (Å²) in [5, 5.41) is 0.706. The van der Waals surface area contributed by atoms with Gasteiger partial charge in [-0.2, -0.15) is 0 Å². The van der Waals surface area contributed by atoms with Crippen LogP contribution >= 0.6 is 11.6 Å². The zero-order valence-electron chi connectivity index (χ0n) is 13.2. The summed E-state index contributed by atoms with van der Waals surface area (Å²) in [6, 6.07) is 8.01. The largest absolute Gasteiger partial charge is 0.383 e. The number of methoxy groups -OCH3 is 1. The number of hydrogen-bond acceptors (Lipinski definition) is 3. The van der Waals surface area contributed by atoms with Crippen molar-refractivity contribution in [2.45, 2.75) is 18.9 Å². The summed E-state index contributed by atoms with van der Waals surface area (Å²) in [5.74, 6) is 0.214. The van der Waals surface area contributed by atoms with E-state index in [1.807, 2.05) is 29.2 Å². The smallest absolute Gasteiger partial charge is 0.227 e. The summed E-state index contributed by atoms with van der Waals surface area (Å²) in [6.07, 6.45) is 1.59. The Kier molecular flexibility index (Phi) is 4.44. The number of nitrogens with zero attached hydrogens (tertiary/aromatic N) is 2. The van der Waals surface area contributed by atoms with E-state index in [1.165, 1.54) is 0 Å². The summed E-state index contributed by atoms with van der Waals surface area (Å²) < 4.78 is 5.29. The molecule has 4 nitrogen and oxygen atoms in total. The highest BCUT2D eigenvalue weighted by Crippen LogP contribution is 2.42. The van der Waals surface area contributed by atoms with Gasteiger partial charge in [-0.25, -0.2) is 0 Å². The Balaban J connectivity index is 1.52. The second-order valence-electron chi connectivity index (χ2n) is 6.78. The van der Waals surface area contributed by atoms with Gasteiger partial charge in [-0.1, -0.05) is 23.7 Å². The van der Waals surface area contributed by atoms with Crippen molar-refractivity contribution in [3.63, 3.8) is 0 Å². The standard InChI is InChI=1S/C17H23ClN2O2/c1-19-10-17(8-15(19)9-22-2)11-20(12-17)16(21)7-13-3-5-14(18)6-4-13/h3-6,15H,7-12H2,1-2H3. The minimum atomic E-state index is 0.214. The third-order valence-electron chi connectivity index (χ3n) is 4.91. The molecule has 120 valence electrons. The number of likely N-dealkylation sites (tertiary alicyclic amines) is 2. The van der Waals surface area contributed by atoms with Gasteiger partial charge in [0.15, 0.2) is 0 Å². The SMILES string of the molecule is COCC1CC2(CN(C(=O)Cc3ccc(Cl)cc3)C2)CN1C. The highest BCUT2D eigenvalue weighted by molar-refractivity contribution is 6.30. The lowest BCUT2D eigenvalue weighted by Crippen LogP contribution is -2.59. The van der Waals surface area contributed by atoms with Crippen LogP contribution < -0.4 is 0 Å². The van der Waals surface area contributed by atoms with Crippen LogP contribution in [0, 0.1) is 5.41 Å². The minimum Gasteiger partial charge on any atom is -0.383 e. The fourth-order valence-corrected chi connectivity index (χ4v) is 3.94. The van der Waals surface area contributed by atoms with Crippen molar-refractivity contribution in [1.82, 2.24) is 9.80 Å². The number of ether oxygens (including phenoxy) is 1. The van der Waals surface area contributed by atoms with Gasteiger partial charge in [-0.05, 0) is 31.2 Å². The van der Waals surface area contributed by atoms with Gasteiger partial charge in [-0.15, -0.1) is 0 Å². The normalized spacial score (nSPS) is 23.8. The van der Waals surface area contributed by atoms with Crippen LogP contribution in [-0.2, 0) is 16.0 Å². The fraction of sp³-hybridized carbons (Fsp3) is 0.588. The van der Waals surface area contributed by atoms with Gasteiger partial charge in [0.2, 0.25) is 5.91 Å². The van der Waals surface area contributed by atoms with E-state index < -0.39 is 0 Å². The van der Waals surface area contributed by atoms with E-state index in [0.29, 0.717) is 17.5 Å². The minimum absolute atomic E-state index is 0.214. The summed E-state index contributed by atoms with van der Waals surface area (Å²) >= 11 is 5.87. The molecule has 0 radical (unpaired) electrons. The number of hydrogen-bond donors (Lipinski definition) is 0. The maximum atomic E-state index is 12.4. The maximum Gasteiger partial charge on any atom is 0.227 e. The molecule has 1 amide bonds. The van der Waals surface area contributed by atoms with Gasteiger partial charge in [0.1, 0.15) is 0 Å². The van der Waals surface area contributed by atoms with Crippen LogP contribution in [-0.4, -0.2) is 62.1 Å². The molecule has 3 rings (SSSR count). The Labute approximate surface area is 137 Å². The summed E-state index contributed by atoms with van der Waals surface area (Å²) in [4.78, 5) is 16.7. The molecule has 1 spiro atoms. The summed E-state index contributed by atoms with van der Waals surface area (Å²) in [7, 11) is 3.90. The van der Waals surface area contributed by atoms with E-state index in [0.717, 1.165) is 38.2 Å². The van der Waals surface area contributed by atoms with Crippen molar-refractivity contribution in [1.29, 1.82) is 0 Å². The van der Waals surface area contributed by atoms with Crippen molar-refractivity contribution in [3.8, 4) is 0 Å². The average molecular weight is 323 g/mol. The van der Waals surface area contributed by atoms with Crippen LogP contribution in [0.25, 0.3) is 0 Å². The van der Waals surface area contributed by atoms with Crippen molar-refractivity contribution in [3.05, 3.63) is 34.9 Å². The Morgan fingerprint density at radius 2 is 2.00 bits per heavy atom. The van der Waals surface area contributed by atoms with E-state index in [9.17, 15) is 4.79 Å². The lowest BCUT2D eigenvalue weighted by molar-refractivity contribution is -0.141. The number of likely N-dealkylation sites (N-methyl/N-ethyl adjacent to an activating group) is 1. The van der Waals surface area contributed by atoms with Gasteiger partial charge < -0.3 is 14.5 Å². The first kappa shape index (κ1) is 15.8. The lowest BCUT2D eigenvalue weighted by Gasteiger charge is -2.48. The number of halogens is 1. The molecule has 0 bridgehead atoms. The monoisotopic (exact) mass is 322 g/mol. The van der Waals surface area contributed by atoms with Crippen LogP contribution in [0.15, 0.2) is 24.3 Å². The number of carbonyl (C=O) groups excluding carboxylic acids is 1. The van der Waals surface area contributed by atoms with E-state index in [-0.39, 0.29) is 11.3 Å². The van der Waals surface area contributed by atoms with Crippen LogP contribution in [0.5, 0.6) is 0 Å². The quantitative estimate of drug-likeness (QED) is 0.850. The Morgan fingerprint density at radius 3 is 2.64 bits per heavy atom. The first-order chi connectivity index (χ1) is 10.5. The Morgan fingerprint density at radius 1 is 1.32 bits per heavy atom. The summed E-state index contributed by atoms with van der Waals surface area (Å²) in [5.41, 5.74) is 1.31. The number of amides is 1. The molecule has 2 fully saturated rings. The number of benzene rings is 1. The molecule has 1 atom stereocenters. The van der Waals surface area contributed by atoms with Crippen molar-refractivity contribution in [2.75, 3.05) is 40.4 Å². The summed E-state index contributed by atoms with van der Waals surface area (Å²) in [6.45, 7) is 3.59. The molecular weight excluding hydrogens is 300 g/mol. The molecule has 0 saturated carbocycles. The molecule has 0 N–H and O–H groups in total. The maximum absolute atomic E-state index is 12.4. The topological polar surface area (TPSA) is 32.8 Å². The van der Waals surface area contributed by atoms with Gasteiger partial charge in [0.25, 0.3) is 0 Å². The van der Waals surface area contributed by atoms with E-state index in [4.69, 9.17) is 16.3 Å². The first-order valence-corrected chi connectivity index (χ1v) is 8.10. The number of carbonyl (C=O) groups is 1. The van der Waals surface area contributed by atoms with E-state index >= 15 is 0 Å². The van der Waals surface area contributed by atoms with Crippen LogP contribution in [0.4, 0.5) is 0 Å². The van der Waals surface area contributed by atoms with Crippen molar-refractivity contribution in [2.24, 2.45) is 5.41 Å². The first-order valence-electron chi connectivity index (χ1n) is 7.73. The third-order valence-corrected chi connectivity index (χ3v) is 5.16. The molecule has 0 aliphatic carbocycles. The van der Waals surface area contributed by atoms with Gasteiger partial charge in [0.05, 0.1) is 13.0 Å². The lowest BCUT2D eigenvalue weighted by atomic mass is 9.77. The molecule has 1 aromatic rings. The highest BCUT2D eigenvalue weighted by atomic mass is 35.5. The fourth-order valence-electron chi connectivity index (χ4n) is 3.81. The molecule has 2 saturated heterocycles. The molecule has 5 heteroatoms. The molecular formula is C17H23ClN2O2. The van der Waals surface area contributed by atoms with Crippen LogP contribution in [0.2, 0.25) is 5.02 Å². The Bertz CT molecular complexity index is 540. The zero-order chi connectivity index (χ0) is 15.7. The van der Waals surface area contributed by atoms with Gasteiger partial charge in [0, 0.05) is 43.2 Å². The predicted molar refractivity (Wildman–Crippen MR) is 87.1 cm³/mol. The molecule has 1 unspecified atom stereocenters. The second kappa shape index (κ2) is 6.19. The van der Waals surface area contributed by atoms with Gasteiger partial charge in [-0.3, -0.25) is 4.79 Å². The molecule has 2 heterocycles. The molecule has 0 aromatic heterocycles. The van der Waals surface area contributed by atoms with E-state index in [2.05, 4.69) is 11.9 Å². The molecule has 1 aromatic carbocycles. The zero-order valence-corrected chi connectivity index (χ0v) is 14.0. The van der Waals surface area contributed by atoms with Crippen LogP contribution in [0.3, 0.4) is 0 Å². The molecule has 22 heavy (non-hydrogen) atoms. The van der Waals surface area contributed by atoms with Crippen molar-refractivity contribution < 1.29 is 9.53 Å². The average Bonchev–Trinajstić information content (AvgIpc) is 2.78. The van der Waals surface area contributed by atoms with Gasteiger partial charge >= 0.3 is 0 Å². The predicted octanol–water partition coefficient (Wildman–Crippen LogP) is 2.06. The Hall–Kier alpha value is -1.10. The number of rotatable bonds is 4. The highest BCUT2D eigenvalue weighted by Gasteiger charge is 2.51. The van der Waals surface area contributed by atoms with Crippen LogP contribution in [0.1, 0.15) is 12.0 Å². The van der Waals surface area contributed by atoms with Crippen molar-refractivity contribution >= 4 is 17.5 Å². The third kappa shape index (κ3) is 3.14. The molecule has 2 aliphatic rings. The molecule has 2 aliphatic heterocycles.